The first-order chi connectivity index (χ1) is 17.6. The zero-order chi connectivity index (χ0) is 26.6. The van der Waals surface area contributed by atoms with E-state index < -0.39 is 10.0 Å². The summed E-state index contributed by atoms with van der Waals surface area (Å²) in [7, 11) is -2.30. The molecule has 0 saturated heterocycles. The number of aromatic nitrogens is 5. The van der Waals surface area contributed by atoms with Gasteiger partial charge in [-0.3, -0.25) is 9.52 Å². The monoisotopic (exact) mass is 540 g/mol. The van der Waals surface area contributed by atoms with Crippen molar-refractivity contribution >= 4 is 39.2 Å². The molecule has 0 fully saturated rings. The first kappa shape index (κ1) is 25.9. The average Bonchev–Trinajstić information content (AvgIpc) is 3.22. The maximum Gasteiger partial charge on any atom is 0.263 e. The van der Waals surface area contributed by atoms with Crippen molar-refractivity contribution in [1.82, 2.24) is 24.8 Å². The van der Waals surface area contributed by atoms with Gasteiger partial charge in [-0.15, -0.1) is 10.2 Å². The molecule has 4 aromatic rings. The third-order valence-corrected chi connectivity index (χ3v) is 7.29. The van der Waals surface area contributed by atoms with E-state index in [-0.39, 0.29) is 22.4 Å². The quantitative estimate of drug-likeness (QED) is 0.212. The van der Waals surface area contributed by atoms with Crippen LogP contribution in [0.15, 0.2) is 64.6 Å². The van der Waals surface area contributed by atoms with Crippen LogP contribution in [0, 0.1) is 13.8 Å². The number of nitrogen functional groups attached to an aromatic ring is 1. The lowest BCUT2D eigenvalue weighted by Crippen LogP contribution is -2.17. The molecule has 12 nitrogen and oxygen atoms in total. The number of hydrogen-bond acceptors (Lipinski definition) is 10. The van der Waals surface area contributed by atoms with Crippen LogP contribution in [0.4, 0.5) is 11.5 Å². The first-order valence-corrected chi connectivity index (χ1v) is 13.3. The van der Waals surface area contributed by atoms with E-state index >= 15 is 0 Å². The Labute approximate surface area is 217 Å². The topological polar surface area (TPSA) is 167 Å². The van der Waals surface area contributed by atoms with Gasteiger partial charge in [0.15, 0.2) is 5.82 Å². The lowest BCUT2D eigenvalue weighted by Gasteiger charge is -2.10. The minimum atomic E-state index is -3.87. The van der Waals surface area contributed by atoms with Crippen LogP contribution in [0.25, 0.3) is 11.4 Å². The van der Waals surface area contributed by atoms with E-state index in [1.807, 2.05) is 12.1 Å². The molecule has 0 atom stereocenters. The summed E-state index contributed by atoms with van der Waals surface area (Å²) < 4.78 is 34.3. The van der Waals surface area contributed by atoms with E-state index in [0.29, 0.717) is 33.9 Å². The van der Waals surface area contributed by atoms with Gasteiger partial charge in [0.1, 0.15) is 17.4 Å². The summed E-state index contributed by atoms with van der Waals surface area (Å²) in [6, 6.07) is 14.5. The number of nitrogens with zero attached hydrogens (tertiary/aromatic N) is 5. The predicted molar refractivity (Wildman–Crippen MR) is 140 cm³/mol. The molecule has 1 amide bonds. The van der Waals surface area contributed by atoms with Crippen LogP contribution in [0.2, 0.25) is 0 Å². The van der Waals surface area contributed by atoms with Gasteiger partial charge in [-0.25, -0.2) is 23.1 Å². The molecular formula is C23H24N8O4S2. The molecule has 0 saturated carbocycles. The fraction of sp³-hybridized carbons (Fsp3) is 0.174. The van der Waals surface area contributed by atoms with Crippen molar-refractivity contribution in [2.24, 2.45) is 0 Å². The van der Waals surface area contributed by atoms with Crippen LogP contribution in [-0.4, -0.2) is 52.0 Å². The van der Waals surface area contributed by atoms with E-state index in [0.717, 1.165) is 17.3 Å². The van der Waals surface area contributed by atoms with Gasteiger partial charge in [0.05, 0.1) is 17.8 Å². The van der Waals surface area contributed by atoms with E-state index in [2.05, 4.69) is 30.2 Å². The minimum absolute atomic E-state index is 0.0153. The van der Waals surface area contributed by atoms with Crippen LogP contribution >= 0.6 is 11.8 Å². The number of sulfonamides is 1. The summed E-state index contributed by atoms with van der Waals surface area (Å²) in [5.74, 6) is 7.54. The van der Waals surface area contributed by atoms with Crippen molar-refractivity contribution in [3.8, 4) is 17.1 Å². The Kier molecular flexibility index (Phi) is 7.59. The second-order valence-electron chi connectivity index (χ2n) is 7.82. The van der Waals surface area contributed by atoms with E-state index in [9.17, 15) is 13.2 Å². The van der Waals surface area contributed by atoms with Crippen molar-refractivity contribution in [2.75, 3.05) is 28.7 Å². The molecule has 0 aliphatic rings. The Balaban J connectivity index is 1.36. The fourth-order valence-electron chi connectivity index (χ4n) is 3.34. The highest BCUT2D eigenvalue weighted by molar-refractivity contribution is 7.99. The van der Waals surface area contributed by atoms with Gasteiger partial charge >= 0.3 is 0 Å². The first-order valence-electron chi connectivity index (χ1n) is 10.9. The minimum Gasteiger partial charge on any atom is -0.497 e. The van der Waals surface area contributed by atoms with Crippen molar-refractivity contribution in [1.29, 1.82) is 0 Å². The number of nitrogens with one attached hydrogen (secondary N) is 2. The van der Waals surface area contributed by atoms with Crippen molar-refractivity contribution in [2.45, 2.75) is 23.9 Å². The number of rotatable bonds is 9. The average molecular weight is 541 g/mol. The van der Waals surface area contributed by atoms with Crippen LogP contribution in [0.5, 0.6) is 5.75 Å². The van der Waals surface area contributed by atoms with Crippen molar-refractivity contribution < 1.29 is 17.9 Å². The molecule has 0 aliphatic carbocycles. The Bertz CT molecular complexity index is 1520. The summed E-state index contributed by atoms with van der Waals surface area (Å²) in [4.78, 5) is 20.7. The summed E-state index contributed by atoms with van der Waals surface area (Å²) in [6.07, 6.45) is 0. The molecule has 2 heterocycles. The van der Waals surface area contributed by atoms with Crippen LogP contribution in [-0.2, 0) is 14.8 Å². The summed E-state index contributed by atoms with van der Waals surface area (Å²) >= 11 is 1.11. The number of ether oxygens (including phenoxy) is 1. The Hall–Kier alpha value is -4.17. The van der Waals surface area contributed by atoms with Crippen LogP contribution < -0.4 is 20.6 Å². The van der Waals surface area contributed by atoms with Crippen molar-refractivity contribution in [3.63, 3.8) is 0 Å². The van der Waals surface area contributed by atoms with Crippen LogP contribution in [0.1, 0.15) is 11.5 Å². The number of hydrogen-bond donors (Lipinski definition) is 3. The Morgan fingerprint density at radius 3 is 2.54 bits per heavy atom. The molecule has 2 aromatic heterocycles. The number of amides is 1. The smallest absolute Gasteiger partial charge is 0.263 e. The second-order valence-corrected chi connectivity index (χ2v) is 10.4. The summed E-state index contributed by atoms with van der Waals surface area (Å²) in [5.41, 5.74) is 1.80. The molecule has 2 aromatic carbocycles. The maximum atomic E-state index is 12.7. The number of benzene rings is 2. The molecule has 4 rings (SSSR count). The number of methoxy groups -OCH3 is 1. The molecule has 0 bridgehead atoms. The Morgan fingerprint density at radius 1 is 1.08 bits per heavy atom. The molecule has 0 unspecified atom stereocenters. The molecule has 0 radical (unpaired) electrons. The zero-order valence-corrected chi connectivity index (χ0v) is 21.8. The molecule has 4 N–H and O–H groups in total. The number of carbonyl (C=O) groups is 1. The number of aryl methyl sites for hydroxylation is 2. The summed E-state index contributed by atoms with van der Waals surface area (Å²) in [5, 5.41) is 11.2. The van der Waals surface area contributed by atoms with Crippen LogP contribution in [0.3, 0.4) is 0 Å². The summed E-state index contributed by atoms with van der Waals surface area (Å²) in [6.45, 7) is 3.43. The third kappa shape index (κ3) is 6.34. The number of carbonyl (C=O) groups excluding carboxylic acids is 1. The van der Waals surface area contributed by atoms with E-state index in [1.165, 1.54) is 28.9 Å². The van der Waals surface area contributed by atoms with E-state index in [4.69, 9.17) is 10.6 Å². The lowest BCUT2D eigenvalue weighted by atomic mass is 10.2. The molecule has 14 heteroatoms. The third-order valence-electron chi connectivity index (χ3n) is 4.98. The Morgan fingerprint density at radius 2 is 1.84 bits per heavy atom. The maximum absolute atomic E-state index is 12.7. The molecule has 37 heavy (non-hydrogen) atoms. The largest absolute Gasteiger partial charge is 0.497 e. The van der Waals surface area contributed by atoms with Gasteiger partial charge < -0.3 is 15.9 Å². The van der Waals surface area contributed by atoms with Gasteiger partial charge in [-0.2, -0.15) is 0 Å². The normalized spacial score (nSPS) is 11.2. The molecule has 0 spiro atoms. The highest BCUT2D eigenvalue weighted by Crippen LogP contribution is 2.25. The predicted octanol–water partition coefficient (Wildman–Crippen LogP) is 2.61. The molecule has 192 valence electrons. The zero-order valence-electron chi connectivity index (χ0n) is 20.2. The number of anilines is 2. The van der Waals surface area contributed by atoms with Gasteiger partial charge in [0.25, 0.3) is 10.0 Å². The van der Waals surface area contributed by atoms with Gasteiger partial charge in [-0.05, 0) is 50.2 Å². The van der Waals surface area contributed by atoms with Gasteiger partial charge in [0.2, 0.25) is 11.1 Å². The number of nitrogens with two attached hydrogens (primary N) is 1. The fourth-order valence-corrected chi connectivity index (χ4v) is 4.99. The highest BCUT2D eigenvalue weighted by atomic mass is 32.2. The lowest BCUT2D eigenvalue weighted by molar-refractivity contribution is -0.113. The molecule has 0 aliphatic heterocycles. The van der Waals surface area contributed by atoms with Gasteiger partial charge in [-0.1, -0.05) is 23.9 Å². The van der Waals surface area contributed by atoms with Crippen molar-refractivity contribution in [3.05, 3.63) is 66.1 Å². The SMILES string of the molecule is COc1cccc(-c2nnc(SCC(=O)Nc3ccc(S(=O)(=O)Nc4cc(C)nc(C)n4)cc3)n2N)c1. The standard InChI is InChI=1S/C23H24N8O4S2/c1-14-11-20(26-15(2)25-14)30-37(33,34)19-9-7-17(8-10-19)27-21(32)13-36-23-29-28-22(31(23)24)16-5-4-6-18(12-16)35-3/h4-12H,13,24H2,1-3H3,(H,27,32)(H,25,26,30). The van der Waals surface area contributed by atoms with E-state index in [1.54, 1.807) is 39.2 Å². The highest BCUT2D eigenvalue weighted by Gasteiger charge is 2.17. The van der Waals surface area contributed by atoms with Gasteiger partial charge in [0, 0.05) is 23.0 Å². The number of thioether (sulfide) groups is 1. The second kappa shape index (κ2) is 10.8. The molecular weight excluding hydrogens is 516 g/mol.